The van der Waals surface area contributed by atoms with Crippen LogP contribution >= 0.6 is 23.4 Å². The van der Waals surface area contributed by atoms with E-state index in [4.69, 9.17) is 16.3 Å². The van der Waals surface area contributed by atoms with Gasteiger partial charge in [0.15, 0.2) is 4.87 Å². The number of carbonyl (C=O) groups excluding carboxylic acids is 2. The van der Waals surface area contributed by atoms with Crippen LogP contribution in [0.1, 0.15) is 25.0 Å². The van der Waals surface area contributed by atoms with E-state index in [-0.39, 0.29) is 18.0 Å². The molecule has 4 rings (SSSR count). The second kappa shape index (κ2) is 8.04. The van der Waals surface area contributed by atoms with Gasteiger partial charge in [-0.15, -0.1) is 11.8 Å². The maximum atomic E-state index is 13.9. The lowest BCUT2D eigenvalue weighted by Gasteiger charge is -2.33. The molecular weight excluding hydrogens is 422 g/mol. The molecule has 158 valence electrons. The molecule has 0 unspecified atom stereocenters. The fourth-order valence-electron chi connectivity index (χ4n) is 4.00. The van der Waals surface area contributed by atoms with Crippen molar-refractivity contribution >= 4 is 41.0 Å². The molecule has 2 aromatic carbocycles. The van der Waals surface area contributed by atoms with Crippen molar-refractivity contribution in [2.45, 2.75) is 31.3 Å². The van der Waals surface area contributed by atoms with Crippen LogP contribution in [0.4, 0.5) is 10.5 Å². The maximum absolute atomic E-state index is 13.9. The number of methoxy groups -OCH3 is 1. The number of hydrogen-bond donors (Lipinski definition) is 1. The van der Waals surface area contributed by atoms with E-state index in [1.165, 1.54) is 11.8 Å². The summed E-state index contributed by atoms with van der Waals surface area (Å²) in [5.41, 5.74) is 2.41. The number of urea groups is 1. The van der Waals surface area contributed by atoms with Crippen molar-refractivity contribution in [2.75, 3.05) is 24.3 Å². The Morgan fingerprint density at radius 1 is 1.30 bits per heavy atom. The molecule has 1 atom stereocenters. The third-order valence-electron chi connectivity index (χ3n) is 5.34. The molecule has 0 aliphatic carbocycles. The van der Waals surface area contributed by atoms with E-state index in [0.29, 0.717) is 29.6 Å². The number of rotatable bonds is 4. The van der Waals surface area contributed by atoms with Crippen LogP contribution < -0.4 is 15.0 Å². The zero-order chi connectivity index (χ0) is 21.5. The first-order valence-electron chi connectivity index (χ1n) is 9.84. The van der Waals surface area contributed by atoms with E-state index < -0.39 is 4.87 Å². The molecule has 2 aliphatic rings. The largest absolute Gasteiger partial charge is 0.497 e. The van der Waals surface area contributed by atoms with Gasteiger partial charge in [0, 0.05) is 28.9 Å². The van der Waals surface area contributed by atoms with Gasteiger partial charge in [0.2, 0.25) is 0 Å². The van der Waals surface area contributed by atoms with Crippen LogP contribution in [-0.4, -0.2) is 42.3 Å². The van der Waals surface area contributed by atoms with E-state index in [0.717, 1.165) is 16.8 Å². The molecule has 0 bridgehead atoms. The summed E-state index contributed by atoms with van der Waals surface area (Å²) in [5, 5.41) is 3.55. The molecule has 3 amide bonds. The first-order valence-corrected chi connectivity index (χ1v) is 11.2. The summed E-state index contributed by atoms with van der Waals surface area (Å²) < 4.78 is 5.43. The number of fused-ring (bicyclic) bond motifs is 2. The number of ether oxygens (including phenoxy) is 1. The topological polar surface area (TPSA) is 61.9 Å². The Morgan fingerprint density at radius 3 is 2.77 bits per heavy atom. The lowest BCUT2D eigenvalue weighted by atomic mass is 10.1. The Labute approximate surface area is 185 Å². The molecule has 2 heterocycles. The highest BCUT2D eigenvalue weighted by Crippen LogP contribution is 2.55. The van der Waals surface area contributed by atoms with Crippen LogP contribution in [0.25, 0.3) is 0 Å². The Hall–Kier alpha value is -2.38. The van der Waals surface area contributed by atoms with Crippen molar-refractivity contribution in [3.8, 4) is 5.75 Å². The molecule has 6 nitrogen and oxygen atoms in total. The molecule has 1 N–H and O–H groups in total. The molecular formula is C22H24ClN3O3S. The molecule has 2 aromatic rings. The van der Waals surface area contributed by atoms with Gasteiger partial charge in [0.25, 0.3) is 5.91 Å². The van der Waals surface area contributed by atoms with Gasteiger partial charge >= 0.3 is 6.03 Å². The van der Waals surface area contributed by atoms with Crippen LogP contribution in [0.2, 0.25) is 5.02 Å². The van der Waals surface area contributed by atoms with Gasteiger partial charge in [-0.2, -0.15) is 0 Å². The molecule has 0 radical (unpaired) electrons. The fourth-order valence-corrected chi connectivity index (χ4v) is 5.65. The molecule has 2 aliphatic heterocycles. The fraction of sp³-hybridized carbons (Fsp3) is 0.364. The quantitative estimate of drug-likeness (QED) is 0.765. The predicted molar refractivity (Wildman–Crippen MR) is 120 cm³/mol. The minimum atomic E-state index is -1.11. The Morgan fingerprint density at radius 2 is 2.07 bits per heavy atom. The SMILES string of the molecule is COc1ccc2c(c1)[C@@]1(SCCN1C(=O)NC(C)C)C(=O)N2Cc1ccccc1Cl. The van der Waals surface area contributed by atoms with Crippen molar-refractivity contribution in [3.63, 3.8) is 0 Å². The summed E-state index contributed by atoms with van der Waals surface area (Å²) in [5.74, 6) is 1.19. The van der Waals surface area contributed by atoms with E-state index in [1.54, 1.807) is 16.9 Å². The number of amides is 3. The standard InChI is InChI=1S/C22H24ClN3O3S/c1-14(2)24-21(28)26-10-11-30-22(26)17-12-16(29-3)8-9-19(17)25(20(22)27)13-15-6-4-5-7-18(15)23/h4-9,12,14H,10-11,13H2,1-3H3,(H,24,28)/t22-/m1/s1. The van der Waals surface area contributed by atoms with Gasteiger partial charge in [-0.3, -0.25) is 9.69 Å². The van der Waals surface area contributed by atoms with E-state index in [9.17, 15) is 9.59 Å². The minimum absolute atomic E-state index is 0.0272. The van der Waals surface area contributed by atoms with E-state index in [1.807, 2.05) is 56.3 Å². The molecule has 0 aromatic heterocycles. The van der Waals surface area contributed by atoms with Gasteiger partial charge in [0.05, 0.1) is 19.3 Å². The van der Waals surface area contributed by atoms with Crippen LogP contribution in [-0.2, 0) is 16.2 Å². The average Bonchev–Trinajstić information content (AvgIpc) is 3.26. The van der Waals surface area contributed by atoms with Crippen LogP contribution in [0.15, 0.2) is 42.5 Å². The molecule has 1 saturated heterocycles. The summed E-state index contributed by atoms with van der Waals surface area (Å²) in [6.07, 6.45) is 0. The molecule has 1 spiro atoms. The molecule has 30 heavy (non-hydrogen) atoms. The summed E-state index contributed by atoms with van der Waals surface area (Å²) in [4.78, 5) is 29.2. The number of nitrogens with one attached hydrogen (secondary N) is 1. The first kappa shape index (κ1) is 20.9. The van der Waals surface area contributed by atoms with Crippen molar-refractivity contribution in [2.24, 2.45) is 0 Å². The summed E-state index contributed by atoms with van der Waals surface area (Å²) in [6, 6.07) is 12.8. The van der Waals surface area contributed by atoms with Gasteiger partial charge in [0.1, 0.15) is 5.75 Å². The van der Waals surface area contributed by atoms with Crippen LogP contribution in [0.3, 0.4) is 0 Å². The highest BCUT2D eigenvalue weighted by atomic mass is 35.5. The lowest BCUT2D eigenvalue weighted by Crippen LogP contribution is -2.54. The average molecular weight is 446 g/mol. The number of carbonyl (C=O) groups is 2. The number of hydrogen-bond acceptors (Lipinski definition) is 4. The maximum Gasteiger partial charge on any atom is 0.319 e. The van der Waals surface area contributed by atoms with Gasteiger partial charge < -0.3 is 15.0 Å². The Bertz CT molecular complexity index is 999. The van der Waals surface area contributed by atoms with Crippen molar-refractivity contribution < 1.29 is 14.3 Å². The van der Waals surface area contributed by atoms with E-state index in [2.05, 4.69) is 5.32 Å². The van der Waals surface area contributed by atoms with Crippen molar-refractivity contribution in [1.29, 1.82) is 0 Å². The smallest absolute Gasteiger partial charge is 0.319 e. The van der Waals surface area contributed by atoms with E-state index >= 15 is 0 Å². The minimum Gasteiger partial charge on any atom is -0.497 e. The highest BCUT2D eigenvalue weighted by molar-refractivity contribution is 8.01. The Balaban J connectivity index is 1.81. The normalized spacial score (nSPS) is 20.2. The molecule has 1 fully saturated rings. The van der Waals surface area contributed by atoms with Gasteiger partial charge in [-0.05, 0) is 43.7 Å². The number of halogens is 1. The first-order chi connectivity index (χ1) is 14.4. The molecule has 8 heteroatoms. The number of nitrogens with zero attached hydrogens (tertiary/aromatic N) is 2. The van der Waals surface area contributed by atoms with Crippen LogP contribution in [0.5, 0.6) is 5.75 Å². The second-order valence-corrected chi connectivity index (χ2v) is 9.31. The third kappa shape index (κ3) is 3.30. The van der Waals surface area contributed by atoms with Gasteiger partial charge in [-0.1, -0.05) is 29.8 Å². The summed E-state index contributed by atoms with van der Waals surface area (Å²) >= 11 is 7.86. The zero-order valence-electron chi connectivity index (χ0n) is 17.1. The number of anilines is 1. The zero-order valence-corrected chi connectivity index (χ0v) is 18.7. The number of thioether (sulfide) groups is 1. The monoisotopic (exact) mass is 445 g/mol. The summed E-state index contributed by atoms with van der Waals surface area (Å²) in [7, 11) is 1.59. The van der Waals surface area contributed by atoms with Gasteiger partial charge in [-0.25, -0.2) is 4.79 Å². The van der Waals surface area contributed by atoms with Crippen molar-refractivity contribution in [3.05, 3.63) is 58.6 Å². The number of benzene rings is 2. The van der Waals surface area contributed by atoms with Crippen LogP contribution in [0, 0.1) is 0 Å². The lowest BCUT2D eigenvalue weighted by molar-refractivity contribution is -0.123. The highest BCUT2D eigenvalue weighted by Gasteiger charge is 2.59. The molecule has 0 saturated carbocycles. The predicted octanol–water partition coefficient (Wildman–Crippen LogP) is 4.22. The third-order valence-corrected chi connectivity index (χ3v) is 7.13. The Kier molecular flexibility index (Phi) is 5.59. The summed E-state index contributed by atoms with van der Waals surface area (Å²) in [6.45, 7) is 4.64. The second-order valence-electron chi connectivity index (χ2n) is 7.61. The van der Waals surface area contributed by atoms with Crippen molar-refractivity contribution in [1.82, 2.24) is 10.2 Å².